The minimum atomic E-state index is -0.366. The maximum Gasteiger partial charge on any atom is 0.246 e. The monoisotopic (exact) mass is 341 g/mol. The first-order valence-corrected chi connectivity index (χ1v) is 8.68. The van der Waals surface area contributed by atoms with Crippen LogP contribution in [0.3, 0.4) is 0 Å². The molecule has 124 valence electrons. The van der Waals surface area contributed by atoms with Crippen molar-refractivity contribution in [1.82, 2.24) is 15.2 Å². The minimum Gasteiger partial charge on any atom is -0.350 e. The number of carbonyl (C=O) groups excluding carboxylic acids is 2. The van der Waals surface area contributed by atoms with Crippen LogP contribution < -0.4 is 5.32 Å². The van der Waals surface area contributed by atoms with Crippen molar-refractivity contribution < 1.29 is 9.59 Å². The maximum absolute atomic E-state index is 12.2. The van der Waals surface area contributed by atoms with E-state index < -0.39 is 0 Å². The Balaban J connectivity index is 1.57. The van der Waals surface area contributed by atoms with E-state index in [0.717, 1.165) is 16.8 Å². The normalized spacial score (nSPS) is 16.4. The summed E-state index contributed by atoms with van der Waals surface area (Å²) in [5.41, 5.74) is 5.02. The summed E-state index contributed by atoms with van der Waals surface area (Å²) in [7, 11) is 0. The second-order valence-electron chi connectivity index (χ2n) is 5.72. The van der Waals surface area contributed by atoms with Crippen molar-refractivity contribution in [3.8, 4) is 10.4 Å². The second kappa shape index (κ2) is 6.97. The molecule has 1 aromatic heterocycles. The molecule has 2 heterocycles. The molecule has 24 heavy (non-hydrogen) atoms. The first-order valence-electron chi connectivity index (χ1n) is 7.80. The van der Waals surface area contributed by atoms with Crippen LogP contribution in [0.15, 0.2) is 42.4 Å². The number of amides is 2. The quantitative estimate of drug-likeness (QED) is 0.850. The summed E-state index contributed by atoms with van der Waals surface area (Å²) in [6, 6.07) is 7.72. The Morgan fingerprint density at radius 3 is 2.71 bits per heavy atom. The van der Waals surface area contributed by atoms with Crippen molar-refractivity contribution in [3.05, 3.63) is 53.7 Å². The van der Waals surface area contributed by atoms with Crippen molar-refractivity contribution in [2.24, 2.45) is 0 Å². The zero-order chi connectivity index (χ0) is 17.1. The Morgan fingerprint density at radius 1 is 1.42 bits per heavy atom. The number of aromatic nitrogens is 1. The first-order chi connectivity index (χ1) is 11.6. The molecule has 0 spiro atoms. The van der Waals surface area contributed by atoms with Crippen LogP contribution in [0.25, 0.3) is 10.4 Å². The predicted molar refractivity (Wildman–Crippen MR) is 94.4 cm³/mol. The average Bonchev–Trinajstić information content (AvgIpc) is 2.98. The molecule has 0 unspecified atom stereocenters. The van der Waals surface area contributed by atoms with Gasteiger partial charge in [0, 0.05) is 13.1 Å². The van der Waals surface area contributed by atoms with Crippen LogP contribution >= 0.6 is 11.3 Å². The first kappa shape index (κ1) is 16.4. The van der Waals surface area contributed by atoms with Crippen molar-refractivity contribution in [1.29, 1.82) is 0 Å². The van der Waals surface area contributed by atoms with Crippen LogP contribution in [0.1, 0.15) is 17.7 Å². The molecule has 2 amide bonds. The van der Waals surface area contributed by atoms with Gasteiger partial charge in [0.2, 0.25) is 11.8 Å². The molecule has 1 fully saturated rings. The Hall–Kier alpha value is -2.47. The molecule has 1 aromatic carbocycles. The lowest BCUT2D eigenvalue weighted by Gasteiger charge is -2.39. The fraction of sp³-hybridized carbons (Fsp3) is 0.278. The van der Waals surface area contributed by atoms with E-state index in [2.05, 4.69) is 16.9 Å². The Kier molecular flexibility index (Phi) is 4.76. The zero-order valence-electron chi connectivity index (χ0n) is 13.5. The smallest absolute Gasteiger partial charge is 0.246 e. The highest BCUT2D eigenvalue weighted by atomic mass is 32.1. The molecule has 0 bridgehead atoms. The van der Waals surface area contributed by atoms with Crippen LogP contribution in [-0.2, 0) is 16.1 Å². The van der Waals surface area contributed by atoms with Gasteiger partial charge in [-0.2, -0.15) is 0 Å². The number of thiazole rings is 1. The molecule has 1 N–H and O–H groups in total. The second-order valence-corrected chi connectivity index (χ2v) is 6.58. The molecule has 1 atom stereocenters. The lowest BCUT2D eigenvalue weighted by molar-refractivity contribution is -0.143. The lowest BCUT2D eigenvalue weighted by Crippen LogP contribution is -2.57. The molecular formula is C18H19N3O2S. The summed E-state index contributed by atoms with van der Waals surface area (Å²) in [5.74, 6) is -0.301. The maximum atomic E-state index is 12.2. The SMILES string of the molecule is C=CC(=O)N1CC[C@H]1C(=O)NCc1ccc(-c2scnc2C)cc1. The van der Waals surface area contributed by atoms with Gasteiger partial charge in [0.25, 0.3) is 0 Å². The van der Waals surface area contributed by atoms with Gasteiger partial charge < -0.3 is 10.2 Å². The van der Waals surface area contributed by atoms with Gasteiger partial charge in [-0.1, -0.05) is 30.8 Å². The van der Waals surface area contributed by atoms with E-state index in [-0.39, 0.29) is 17.9 Å². The number of benzene rings is 1. The van der Waals surface area contributed by atoms with E-state index >= 15 is 0 Å². The number of carbonyl (C=O) groups is 2. The van der Waals surface area contributed by atoms with Crippen LogP contribution in [0.4, 0.5) is 0 Å². The molecule has 0 radical (unpaired) electrons. The van der Waals surface area contributed by atoms with Gasteiger partial charge in [-0.25, -0.2) is 4.98 Å². The topological polar surface area (TPSA) is 62.3 Å². The average molecular weight is 341 g/mol. The largest absolute Gasteiger partial charge is 0.350 e. The van der Waals surface area contributed by atoms with Crippen molar-refractivity contribution >= 4 is 23.2 Å². The Labute approximate surface area is 145 Å². The fourth-order valence-corrected chi connectivity index (χ4v) is 3.51. The van der Waals surface area contributed by atoms with Crippen LogP contribution in [-0.4, -0.2) is 34.3 Å². The van der Waals surface area contributed by atoms with Gasteiger partial charge in [-0.3, -0.25) is 9.59 Å². The molecule has 0 aliphatic carbocycles. The Morgan fingerprint density at radius 2 is 2.17 bits per heavy atom. The van der Waals surface area contributed by atoms with Crippen LogP contribution in [0, 0.1) is 6.92 Å². The van der Waals surface area contributed by atoms with Crippen molar-refractivity contribution in [3.63, 3.8) is 0 Å². The van der Waals surface area contributed by atoms with Crippen molar-refractivity contribution in [2.75, 3.05) is 6.54 Å². The fourth-order valence-electron chi connectivity index (χ4n) is 2.70. The predicted octanol–water partition coefficient (Wildman–Crippen LogP) is 2.52. The zero-order valence-corrected chi connectivity index (χ0v) is 14.3. The number of hydrogen-bond acceptors (Lipinski definition) is 4. The molecule has 1 saturated heterocycles. The van der Waals surface area contributed by atoms with Gasteiger partial charge in [0.05, 0.1) is 16.1 Å². The molecule has 1 aliphatic rings. The standard InChI is InChI=1S/C18H19N3O2S/c1-3-16(22)21-9-8-15(21)18(23)19-10-13-4-6-14(7-5-13)17-12(2)20-11-24-17/h3-7,11,15H,1,8-10H2,2H3,(H,19,23)/t15-/m0/s1. The third-order valence-electron chi connectivity index (χ3n) is 4.21. The summed E-state index contributed by atoms with van der Waals surface area (Å²) in [6.07, 6.45) is 1.95. The Bertz CT molecular complexity index is 767. The third kappa shape index (κ3) is 3.23. The summed E-state index contributed by atoms with van der Waals surface area (Å²) >= 11 is 1.62. The molecule has 1 aliphatic heterocycles. The highest BCUT2D eigenvalue weighted by molar-refractivity contribution is 7.13. The number of nitrogens with zero attached hydrogens (tertiary/aromatic N) is 2. The van der Waals surface area contributed by atoms with Gasteiger partial charge >= 0.3 is 0 Å². The van der Waals surface area contributed by atoms with Crippen molar-refractivity contribution in [2.45, 2.75) is 25.9 Å². The minimum absolute atomic E-state index is 0.112. The lowest BCUT2D eigenvalue weighted by atomic mass is 10.0. The van der Waals surface area contributed by atoms with E-state index in [9.17, 15) is 9.59 Å². The number of nitrogens with one attached hydrogen (secondary N) is 1. The van der Waals surface area contributed by atoms with Crippen LogP contribution in [0.5, 0.6) is 0 Å². The van der Waals surface area contributed by atoms with E-state index in [0.29, 0.717) is 19.5 Å². The molecule has 0 saturated carbocycles. The molecule has 6 heteroatoms. The number of hydrogen-bond donors (Lipinski definition) is 1. The summed E-state index contributed by atoms with van der Waals surface area (Å²) in [5, 5.41) is 2.90. The summed E-state index contributed by atoms with van der Waals surface area (Å²) < 4.78 is 0. The number of aryl methyl sites for hydroxylation is 1. The van der Waals surface area contributed by atoms with E-state index in [1.165, 1.54) is 15.9 Å². The van der Waals surface area contributed by atoms with Gasteiger partial charge in [0.1, 0.15) is 6.04 Å². The van der Waals surface area contributed by atoms with E-state index in [1.54, 1.807) is 11.3 Å². The number of likely N-dealkylation sites (tertiary alicyclic amines) is 1. The van der Waals surface area contributed by atoms with E-state index in [1.807, 2.05) is 36.7 Å². The highest BCUT2D eigenvalue weighted by Gasteiger charge is 2.36. The summed E-state index contributed by atoms with van der Waals surface area (Å²) in [6.45, 7) is 6.52. The molecule has 5 nitrogen and oxygen atoms in total. The summed E-state index contributed by atoms with van der Waals surface area (Å²) in [4.78, 5) is 30.7. The van der Waals surface area contributed by atoms with Gasteiger partial charge in [0.15, 0.2) is 0 Å². The number of rotatable bonds is 5. The van der Waals surface area contributed by atoms with Gasteiger partial charge in [-0.15, -0.1) is 11.3 Å². The molecule has 3 rings (SSSR count). The van der Waals surface area contributed by atoms with Gasteiger partial charge in [-0.05, 0) is 30.5 Å². The molecular weight excluding hydrogens is 322 g/mol. The molecule has 2 aromatic rings. The van der Waals surface area contributed by atoms with Crippen LogP contribution in [0.2, 0.25) is 0 Å². The van der Waals surface area contributed by atoms with E-state index in [4.69, 9.17) is 0 Å². The third-order valence-corrected chi connectivity index (χ3v) is 5.19. The highest BCUT2D eigenvalue weighted by Crippen LogP contribution is 2.27.